The largest absolute Gasteiger partial charge is 0.378 e. The fraction of sp³-hybridized carbons (Fsp3) is 0.500. The van der Waals surface area contributed by atoms with E-state index in [9.17, 15) is 9.59 Å². The van der Waals surface area contributed by atoms with Gasteiger partial charge in [-0.1, -0.05) is 0 Å². The summed E-state index contributed by atoms with van der Waals surface area (Å²) in [5, 5.41) is 2.92. The van der Waals surface area contributed by atoms with Crippen LogP contribution < -0.4 is 16.6 Å². The van der Waals surface area contributed by atoms with Crippen molar-refractivity contribution in [2.45, 2.75) is 0 Å². The van der Waals surface area contributed by atoms with E-state index in [-0.39, 0.29) is 0 Å². The fourth-order valence-corrected chi connectivity index (χ4v) is 0.955. The summed E-state index contributed by atoms with van der Waals surface area (Å²) in [6.07, 6.45) is 1.37. The van der Waals surface area contributed by atoms with Gasteiger partial charge in [-0.3, -0.25) is 9.78 Å². The predicted molar refractivity (Wildman–Crippen MR) is 54.7 cm³/mol. The molecule has 0 saturated heterocycles. The standard InChI is InChI=1S/C8H14N4O2/c1-12(2)4-3-9-6-5-10-8(14)11-7(6)13/h5,9H,3-4H2,1-2H3,(H2,10,11,13,14). The molecule has 0 aliphatic heterocycles. The summed E-state index contributed by atoms with van der Waals surface area (Å²) in [7, 11) is 3.89. The van der Waals surface area contributed by atoms with Gasteiger partial charge in [-0.2, -0.15) is 0 Å². The number of hydrogen-bond acceptors (Lipinski definition) is 4. The highest BCUT2D eigenvalue weighted by Crippen LogP contribution is 1.90. The molecule has 1 heterocycles. The van der Waals surface area contributed by atoms with Crippen molar-refractivity contribution in [1.82, 2.24) is 14.9 Å². The first kappa shape index (κ1) is 10.5. The molecule has 1 rings (SSSR count). The molecule has 0 aromatic carbocycles. The summed E-state index contributed by atoms with van der Waals surface area (Å²) >= 11 is 0. The summed E-state index contributed by atoms with van der Waals surface area (Å²) in [6, 6.07) is 0. The lowest BCUT2D eigenvalue weighted by Gasteiger charge is -2.10. The Bertz CT molecular complexity index is 393. The first-order chi connectivity index (χ1) is 6.59. The number of nitrogens with zero attached hydrogens (tertiary/aromatic N) is 1. The minimum atomic E-state index is -0.492. The molecule has 0 fully saturated rings. The summed E-state index contributed by atoms with van der Waals surface area (Å²) in [5.74, 6) is 0. The molecular formula is C8H14N4O2. The Kier molecular flexibility index (Phi) is 3.47. The van der Waals surface area contributed by atoms with Crippen molar-refractivity contribution in [3.8, 4) is 0 Å². The van der Waals surface area contributed by atoms with Crippen LogP contribution in [0.3, 0.4) is 0 Å². The topological polar surface area (TPSA) is 81.0 Å². The zero-order valence-corrected chi connectivity index (χ0v) is 8.26. The Morgan fingerprint density at radius 1 is 1.43 bits per heavy atom. The number of H-pyrrole nitrogens is 2. The molecule has 14 heavy (non-hydrogen) atoms. The zero-order valence-electron chi connectivity index (χ0n) is 8.26. The Hall–Kier alpha value is -1.56. The van der Waals surface area contributed by atoms with E-state index >= 15 is 0 Å². The van der Waals surface area contributed by atoms with Crippen molar-refractivity contribution in [3.05, 3.63) is 27.0 Å². The Morgan fingerprint density at radius 2 is 2.14 bits per heavy atom. The molecule has 0 aliphatic carbocycles. The lowest BCUT2D eigenvalue weighted by Crippen LogP contribution is -2.27. The monoisotopic (exact) mass is 198 g/mol. The summed E-state index contributed by atoms with van der Waals surface area (Å²) in [6.45, 7) is 1.47. The molecule has 0 amide bonds. The van der Waals surface area contributed by atoms with Gasteiger partial charge in [0.2, 0.25) is 0 Å². The van der Waals surface area contributed by atoms with Gasteiger partial charge in [0.25, 0.3) is 5.56 Å². The maximum absolute atomic E-state index is 11.2. The van der Waals surface area contributed by atoms with E-state index in [4.69, 9.17) is 0 Å². The van der Waals surface area contributed by atoms with E-state index in [0.717, 1.165) is 6.54 Å². The molecular weight excluding hydrogens is 184 g/mol. The van der Waals surface area contributed by atoms with Crippen LogP contribution >= 0.6 is 0 Å². The molecule has 3 N–H and O–H groups in total. The highest BCUT2D eigenvalue weighted by Gasteiger charge is 1.98. The van der Waals surface area contributed by atoms with Crippen LogP contribution in [0.15, 0.2) is 15.8 Å². The molecule has 6 nitrogen and oxygen atoms in total. The van der Waals surface area contributed by atoms with E-state index in [0.29, 0.717) is 12.2 Å². The van der Waals surface area contributed by atoms with Crippen molar-refractivity contribution in [3.63, 3.8) is 0 Å². The van der Waals surface area contributed by atoms with Crippen molar-refractivity contribution < 1.29 is 0 Å². The lowest BCUT2D eigenvalue weighted by atomic mass is 10.5. The number of anilines is 1. The molecule has 6 heteroatoms. The average Bonchev–Trinajstić information content (AvgIpc) is 2.08. The minimum absolute atomic E-state index is 0.381. The highest BCUT2D eigenvalue weighted by atomic mass is 16.2. The van der Waals surface area contributed by atoms with Crippen LogP contribution in [-0.2, 0) is 0 Å². The van der Waals surface area contributed by atoms with E-state index in [1.54, 1.807) is 0 Å². The number of likely N-dealkylation sites (N-methyl/N-ethyl adjacent to an activating group) is 1. The summed E-state index contributed by atoms with van der Waals surface area (Å²) in [4.78, 5) is 28.4. The molecule has 78 valence electrons. The van der Waals surface area contributed by atoms with Gasteiger partial charge in [0.15, 0.2) is 0 Å². The van der Waals surface area contributed by atoms with E-state index in [1.807, 2.05) is 19.0 Å². The van der Waals surface area contributed by atoms with Gasteiger partial charge < -0.3 is 15.2 Å². The molecule has 0 spiro atoms. The van der Waals surface area contributed by atoms with Gasteiger partial charge in [-0.05, 0) is 14.1 Å². The third-order valence-electron chi connectivity index (χ3n) is 1.69. The molecule has 0 bridgehead atoms. The van der Waals surface area contributed by atoms with Gasteiger partial charge in [-0.25, -0.2) is 4.79 Å². The molecule has 0 atom stereocenters. The Labute approximate surface area is 81.0 Å². The van der Waals surface area contributed by atoms with Crippen molar-refractivity contribution >= 4 is 5.69 Å². The minimum Gasteiger partial charge on any atom is -0.378 e. The summed E-state index contributed by atoms with van der Waals surface area (Å²) in [5.41, 5.74) is -0.507. The second-order valence-electron chi connectivity index (χ2n) is 3.22. The van der Waals surface area contributed by atoms with Crippen LogP contribution in [-0.4, -0.2) is 42.1 Å². The predicted octanol–water partition coefficient (Wildman–Crippen LogP) is -0.963. The van der Waals surface area contributed by atoms with Gasteiger partial charge in [-0.15, -0.1) is 0 Å². The smallest absolute Gasteiger partial charge is 0.325 e. The second kappa shape index (κ2) is 4.61. The lowest BCUT2D eigenvalue weighted by molar-refractivity contribution is 0.425. The molecule has 0 unspecified atom stereocenters. The van der Waals surface area contributed by atoms with Gasteiger partial charge >= 0.3 is 5.69 Å². The van der Waals surface area contributed by atoms with Crippen LogP contribution in [0.1, 0.15) is 0 Å². The van der Waals surface area contributed by atoms with E-state index < -0.39 is 11.2 Å². The van der Waals surface area contributed by atoms with Gasteiger partial charge in [0.1, 0.15) is 5.69 Å². The fourth-order valence-electron chi connectivity index (χ4n) is 0.955. The van der Waals surface area contributed by atoms with Gasteiger partial charge in [0, 0.05) is 19.3 Å². The van der Waals surface area contributed by atoms with Crippen LogP contribution in [0.4, 0.5) is 5.69 Å². The number of aromatic nitrogens is 2. The van der Waals surface area contributed by atoms with Gasteiger partial charge in [0.05, 0.1) is 0 Å². The number of aromatic amines is 2. The van der Waals surface area contributed by atoms with Crippen molar-refractivity contribution in [2.75, 3.05) is 32.5 Å². The Morgan fingerprint density at radius 3 is 2.71 bits per heavy atom. The number of rotatable bonds is 4. The third kappa shape index (κ3) is 3.06. The summed E-state index contributed by atoms with van der Waals surface area (Å²) < 4.78 is 0. The molecule has 1 aromatic rings. The van der Waals surface area contributed by atoms with Crippen LogP contribution in [0.5, 0.6) is 0 Å². The third-order valence-corrected chi connectivity index (χ3v) is 1.69. The maximum Gasteiger partial charge on any atom is 0.325 e. The first-order valence-corrected chi connectivity index (χ1v) is 4.30. The Balaban J connectivity index is 2.60. The van der Waals surface area contributed by atoms with Crippen molar-refractivity contribution in [2.24, 2.45) is 0 Å². The average molecular weight is 198 g/mol. The first-order valence-electron chi connectivity index (χ1n) is 4.30. The second-order valence-corrected chi connectivity index (χ2v) is 3.22. The SMILES string of the molecule is CN(C)CCNc1c[nH]c(=O)[nH]c1=O. The van der Waals surface area contributed by atoms with E-state index in [1.165, 1.54) is 6.20 Å². The van der Waals surface area contributed by atoms with Crippen LogP contribution in [0.2, 0.25) is 0 Å². The van der Waals surface area contributed by atoms with Crippen LogP contribution in [0.25, 0.3) is 0 Å². The molecule has 0 aliphatic rings. The van der Waals surface area contributed by atoms with Crippen LogP contribution in [0, 0.1) is 0 Å². The molecule has 0 saturated carbocycles. The zero-order chi connectivity index (χ0) is 10.6. The van der Waals surface area contributed by atoms with Crippen molar-refractivity contribution in [1.29, 1.82) is 0 Å². The number of hydrogen-bond donors (Lipinski definition) is 3. The maximum atomic E-state index is 11.2. The molecule has 0 radical (unpaired) electrons. The van der Waals surface area contributed by atoms with E-state index in [2.05, 4.69) is 15.3 Å². The highest BCUT2D eigenvalue weighted by molar-refractivity contribution is 5.36. The number of nitrogens with one attached hydrogen (secondary N) is 3. The molecule has 1 aromatic heterocycles. The quantitative estimate of drug-likeness (QED) is 0.582. The normalized spacial score (nSPS) is 10.5.